The van der Waals surface area contributed by atoms with Crippen LogP contribution in [0.3, 0.4) is 0 Å². The number of hydrogen-bond acceptors (Lipinski definition) is 2. The Morgan fingerprint density at radius 1 is 1.36 bits per heavy atom. The minimum absolute atomic E-state index is 0.363. The maximum Gasteiger partial charge on any atom is 0.221 e. The standard InChI is InChI=1S/C10H14NO2P/c12-14(13)8-4-7-11-10(14)9-5-2-1-3-6-9/h1-3,5-6,10-11H,4,7-8H2,(H,12,13). The van der Waals surface area contributed by atoms with Crippen LogP contribution in [0.15, 0.2) is 30.3 Å². The average Bonchev–Trinajstić information content (AvgIpc) is 2.18. The van der Waals surface area contributed by atoms with Gasteiger partial charge in [-0.25, -0.2) is 0 Å². The smallest absolute Gasteiger partial charge is 0.221 e. The summed E-state index contributed by atoms with van der Waals surface area (Å²) in [6, 6.07) is 9.49. The Morgan fingerprint density at radius 3 is 2.71 bits per heavy atom. The quantitative estimate of drug-likeness (QED) is 0.698. The van der Waals surface area contributed by atoms with Crippen molar-refractivity contribution in [2.24, 2.45) is 0 Å². The summed E-state index contributed by atoms with van der Waals surface area (Å²) in [5.74, 6) is -0.363. The topological polar surface area (TPSA) is 49.3 Å². The van der Waals surface area contributed by atoms with Crippen molar-refractivity contribution in [2.45, 2.75) is 12.2 Å². The van der Waals surface area contributed by atoms with Crippen LogP contribution in [0.4, 0.5) is 0 Å². The van der Waals surface area contributed by atoms with Crippen molar-refractivity contribution in [3.05, 3.63) is 35.9 Å². The summed E-state index contributed by atoms with van der Waals surface area (Å²) < 4.78 is 11.9. The number of benzene rings is 1. The third kappa shape index (κ3) is 1.90. The van der Waals surface area contributed by atoms with Gasteiger partial charge in [0.1, 0.15) is 5.78 Å². The van der Waals surface area contributed by atoms with Crippen LogP contribution in [0.5, 0.6) is 0 Å². The molecule has 0 amide bonds. The van der Waals surface area contributed by atoms with Gasteiger partial charge in [-0.2, -0.15) is 0 Å². The first-order valence-electron chi connectivity index (χ1n) is 4.80. The van der Waals surface area contributed by atoms with Gasteiger partial charge < -0.3 is 10.2 Å². The van der Waals surface area contributed by atoms with E-state index in [0.29, 0.717) is 6.16 Å². The van der Waals surface area contributed by atoms with Crippen LogP contribution in [-0.2, 0) is 4.57 Å². The zero-order valence-electron chi connectivity index (χ0n) is 7.89. The van der Waals surface area contributed by atoms with Gasteiger partial charge >= 0.3 is 0 Å². The third-order valence-corrected chi connectivity index (χ3v) is 4.76. The van der Waals surface area contributed by atoms with Crippen molar-refractivity contribution >= 4 is 7.37 Å². The summed E-state index contributed by atoms with van der Waals surface area (Å²) in [7, 11) is -3.03. The molecule has 1 saturated heterocycles. The maximum absolute atomic E-state index is 11.9. The molecule has 0 aliphatic carbocycles. The van der Waals surface area contributed by atoms with E-state index in [-0.39, 0.29) is 5.78 Å². The molecule has 1 aliphatic heterocycles. The van der Waals surface area contributed by atoms with E-state index in [1.165, 1.54) is 0 Å². The minimum atomic E-state index is -3.03. The molecule has 0 saturated carbocycles. The van der Waals surface area contributed by atoms with Crippen LogP contribution in [0.25, 0.3) is 0 Å². The van der Waals surface area contributed by atoms with Gasteiger partial charge in [-0.15, -0.1) is 0 Å². The molecule has 4 heteroatoms. The normalized spacial score (nSPS) is 32.8. The SMILES string of the molecule is O=P1(O)CCCNC1c1ccccc1. The molecule has 2 atom stereocenters. The maximum atomic E-state index is 11.9. The summed E-state index contributed by atoms with van der Waals surface area (Å²) in [6.45, 7) is 0.824. The summed E-state index contributed by atoms with van der Waals surface area (Å²) in [5.41, 5.74) is 0.915. The van der Waals surface area contributed by atoms with Gasteiger partial charge in [-0.05, 0) is 18.5 Å². The highest BCUT2D eigenvalue weighted by molar-refractivity contribution is 7.58. The van der Waals surface area contributed by atoms with Crippen LogP contribution in [0.2, 0.25) is 0 Å². The fraction of sp³-hybridized carbons (Fsp3) is 0.400. The molecule has 2 rings (SSSR count). The molecule has 14 heavy (non-hydrogen) atoms. The molecule has 1 aromatic rings. The second-order valence-corrected chi connectivity index (χ2v) is 6.07. The largest absolute Gasteiger partial charge is 0.343 e. The average molecular weight is 211 g/mol. The second-order valence-electron chi connectivity index (χ2n) is 3.60. The predicted octanol–water partition coefficient (Wildman–Crippen LogP) is 1.95. The zero-order valence-corrected chi connectivity index (χ0v) is 8.78. The van der Waals surface area contributed by atoms with Crippen molar-refractivity contribution < 1.29 is 9.46 Å². The van der Waals surface area contributed by atoms with Crippen molar-refractivity contribution in [3.63, 3.8) is 0 Å². The molecule has 2 N–H and O–H groups in total. The summed E-state index contributed by atoms with van der Waals surface area (Å²) in [6.07, 6.45) is 1.22. The van der Waals surface area contributed by atoms with Crippen molar-refractivity contribution in [1.29, 1.82) is 0 Å². The first-order valence-corrected chi connectivity index (χ1v) is 6.71. The van der Waals surface area contributed by atoms with Crippen LogP contribution in [0.1, 0.15) is 17.8 Å². The van der Waals surface area contributed by atoms with Crippen LogP contribution >= 0.6 is 7.37 Å². The van der Waals surface area contributed by atoms with Gasteiger partial charge in [0.15, 0.2) is 0 Å². The molecule has 0 bridgehead atoms. The van der Waals surface area contributed by atoms with Gasteiger partial charge in [-0.3, -0.25) is 4.57 Å². The number of hydrogen-bond donors (Lipinski definition) is 2. The minimum Gasteiger partial charge on any atom is -0.343 e. The van der Waals surface area contributed by atoms with E-state index in [1.54, 1.807) is 0 Å². The van der Waals surface area contributed by atoms with Crippen LogP contribution < -0.4 is 5.32 Å². The Balaban J connectivity index is 2.29. The molecule has 2 unspecified atom stereocenters. The van der Waals surface area contributed by atoms with E-state index in [2.05, 4.69) is 5.32 Å². The molecule has 1 heterocycles. The fourth-order valence-electron chi connectivity index (χ4n) is 1.80. The number of rotatable bonds is 1. The first kappa shape index (κ1) is 9.91. The van der Waals surface area contributed by atoms with Crippen molar-refractivity contribution in [2.75, 3.05) is 12.7 Å². The van der Waals surface area contributed by atoms with E-state index in [0.717, 1.165) is 18.5 Å². The van der Waals surface area contributed by atoms with Gasteiger partial charge in [0.05, 0.1) is 0 Å². The molecule has 1 aromatic carbocycles. The Bertz CT molecular complexity index is 352. The molecular formula is C10H14NO2P. The summed E-state index contributed by atoms with van der Waals surface area (Å²) in [5, 5.41) is 3.11. The lowest BCUT2D eigenvalue weighted by Gasteiger charge is -2.29. The molecule has 0 spiro atoms. The Hall–Kier alpha value is -0.630. The highest BCUT2D eigenvalue weighted by atomic mass is 31.2. The summed E-state index contributed by atoms with van der Waals surface area (Å²) >= 11 is 0. The van der Waals surface area contributed by atoms with E-state index in [4.69, 9.17) is 0 Å². The van der Waals surface area contributed by atoms with E-state index in [9.17, 15) is 9.46 Å². The number of nitrogens with one attached hydrogen (secondary N) is 1. The highest BCUT2D eigenvalue weighted by Gasteiger charge is 2.34. The van der Waals surface area contributed by atoms with Crippen LogP contribution in [0, 0.1) is 0 Å². The van der Waals surface area contributed by atoms with Gasteiger partial charge in [-0.1, -0.05) is 30.3 Å². The highest BCUT2D eigenvalue weighted by Crippen LogP contribution is 2.55. The second kappa shape index (κ2) is 3.85. The lowest BCUT2D eigenvalue weighted by Crippen LogP contribution is -2.28. The molecule has 1 aliphatic rings. The van der Waals surface area contributed by atoms with Gasteiger partial charge in [0.25, 0.3) is 0 Å². The molecular weight excluding hydrogens is 197 g/mol. The lowest BCUT2D eigenvalue weighted by molar-refractivity contribution is 0.430. The van der Waals surface area contributed by atoms with Crippen molar-refractivity contribution in [1.82, 2.24) is 5.32 Å². The summed E-state index contributed by atoms with van der Waals surface area (Å²) in [4.78, 5) is 9.78. The van der Waals surface area contributed by atoms with E-state index < -0.39 is 7.37 Å². The van der Waals surface area contributed by atoms with E-state index in [1.807, 2.05) is 30.3 Å². The molecule has 0 aromatic heterocycles. The van der Waals surface area contributed by atoms with Gasteiger partial charge in [0, 0.05) is 6.16 Å². The lowest BCUT2D eigenvalue weighted by atomic mass is 10.2. The van der Waals surface area contributed by atoms with Crippen molar-refractivity contribution in [3.8, 4) is 0 Å². The Morgan fingerprint density at radius 2 is 2.07 bits per heavy atom. The first-order chi connectivity index (χ1) is 6.70. The Kier molecular flexibility index (Phi) is 2.73. The molecule has 76 valence electrons. The van der Waals surface area contributed by atoms with Crippen LogP contribution in [-0.4, -0.2) is 17.6 Å². The third-order valence-electron chi connectivity index (χ3n) is 2.51. The monoisotopic (exact) mass is 211 g/mol. The zero-order chi connectivity index (χ0) is 10.0. The molecule has 3 nitrogen and oxygen atoms in total. The predicted molar refractivity (Wildman–Crippen MR) is 56.5 cm³/mol. The van der Waals surface area contributed by atoms with E-state index >= 15 is 0 Å². The fourth-order valence-corrected chi connectivity index (χ4v) is 3.72. The Labute approximate surface area is 83.6 Å². The molecule has 1 fully saturated rings. The molecule has 0 radical (unpaired) electrons. The van der Waals surface area contributed by atoms with Gasteiger partial charge in [0.2, 0.25) is 7.37 Å².